The van der Waals surface area contributed by atoms with Crippen molar-refractivity contribution in [1.82, 2.24) is 0 Å². The summed E-state index contributed by atoms with van der Waals surface area (Å²) in [6, 6.07) is 0. The quantitative estimate of drug-likeness (QED) is 0.207. The Kier molecular flexibility index (Phi) is 9.42. The molecular weight excluding hydrogens is 154 g/mol. The van der Waals surface area contributed by atoms with Gasteiger partial charge in [0.15, 0.2) is 6.29 Å². The molecule has 0 aromatic carbocycles. The molecule has 0 saturated heterocycles. The summed E-state index contributed by atoms with van der Waals surface area (Å²) in [5.41, 5.74) is 0. The predicted molar refractivity (Wildman–Crippen MR) is 29.6 cm³/mol. The molecule has 0 heterocycles. The molecule has 0 aliphatic rings. The SMILES string of the molecule is CC(O)OC(=O)CCl.[H-].[Na+]. The van der Waals surface area contributed by atoms with Crippen LogP contribution >= 0.6 is 11.6 Å². The Labute approximate surface area is 82.1 Å². The number of aliphatic hydroxyl groups excluding tert-OH is 1. The van der Waals surface area contributed by atoms with Gasteiger partial charge in [0.25, 0.3) is 0 Å². The summed E-state index contributed by atoms with van der Waals surface area (Å²) in [5.74, 6) is -0.827. The molecule has 0 aromatic rings. The van der Waals surface area contributed by atoms with Crippen LogP contribution in [0.2, 0.25) is 0 Å². The maximum Gasteiger partial charge on any atom is 1.00 e. The van der Waals surface area contributed by atoms with E-state index in [9.17, 15) is 4.79 Å². The van der Waals surface area contributed by atoms with Crippen LogP contribution in [0.25, 0.3) is 0 Å². The van der Waals surface area contributed by atoms with Gasteiger partial charge in [0.05, 0.1) is 0 Å². The first-order chi connectivity index (χ1) is 3.66. The standard InChI is InChI=1S/C4H7ClO3.Na.H/c1-3(6)8-4(7)2-5;;/h3,6H,2H2,1H3;;/q;+1;-1. The van der Waals surface area contributed by atoms with Crippen LogP contribution in [0.1, 0.15) is 8.35 Å². The van der Waals surface area contributed by atoms with Crippen LogP contribution in [0.3, 0.4) is 0 Å². The molecule has 0 spiro atoms. The number of aliphatic hydroxyl groups is 1. The van der Waals surface area contributed by atoms with E-state index < -0.39 is 12.3 Å². The second kappa shape index (κ2) is 6.83. The molecule has 0 aliphatic carbocycles. The van der Waals surface area contributed by atoms with Gasteiger partial charge in [-0.15, -0.1) is 11.6 Å². The summed E-state index contributed by atoms with van der Waals surface area (Å²) in [6.07, 6.45) is -1.05. The van der Waals surface area contributed by atoms with Crippen molar-refractivity contribution in [3.05, 3.63) is 0 Å². The van der Waals surface area contributed by atoms with E-state index in [2.05, 4.69) is 4.74 Å². The summed E-state index contributed by atoms with van der Waals surface area (Å²) >= 11 is 5.01. The Bertz CT molecular complexity index is 90.6. The topological polar surface area (TPSA) is 46.5 Å². The van der Waals surface area contributed by atoms with Gasteiger partial charge in [0, 0.05) is 0 Å². The number of rotatable bonds is 2. The van der Waals surface area contributed by atoms with Gasteiger partial charge in [-0.05, 0) is 6.92 Å². The van der Waals surface area contributed by atoms with Gasteiger partial charge < -0.3 is 11.3 Å². The Morgan fingerprint density at radius 2 is 2.44 bits per heavy atom. The van der Waals surface area contributed by atoms with Crippen molar-refractivity contribution in [1.29, 1.82) is 0 Å². The summed E-state index contributed by atoms with van der Waals surface area (Å²) in [7, 11) is 0. The molecule has 3 nitrogen and oxygen atoms in total. The third-order valence-electron chi connectivity index (χ3n) is 0.411. The van der Waals surface area contributed by atoms with Gasteiger partial charge in [-0.2, -0.15) is 0 Å². The van der Waals surface area contributed by atoms with Crippen LogP contribution in [-0.2, 0) is 9.53 Å². The van der Waals surface area contributed by atoms with E-state index in [4.69, 9.17) is 16.7 Å². The van der Waals surface area contributed by atoms with Gasteiger partial charge in [0.1, 0.15) is 5.88 Å². The Morgan fingerprint density at radius 1 is 2.00 bits per heavy atom. The van der Waals surface area contributed by atoms with Gasteiger partial charge in [-0.3, -0.25) is 4.79 Å². The van der Waals surface area contributed by atoms with Crippen molar-refractivity contribution < 1.29 is 45.6 Å². The fourth-order valence-corrected chi connectivity index (χ4v) is 0.285. The number of alkyl halides is 1. The zero-order valence-electron chi connectivity index (χ0n) is 6.43. The average molecular weight is 163 g/mol. The molecule has 0 rings (SSSR count). The molecule has 0 bridgehead atoms. The van der Waals surface area contributed by atoms with Gasteiger partial charge in [-0.1, -0.05) is 0 Å². The maximum atomic E-state index is 10.1. The van der Waals surface area contributed by atoms with E-state index in [-0.39, 0.29) is 36.9 Å². The van der Waals surface area contributed by atoms with Crippen LogP contribution in [0, 0.1) is 0 Å². The summed E-state index contributed by atoms with van der Waals surface area (Å²) < 4.78 is 4.18. The van der Waals surface area contributed by atoms with E-state index in [1.807, 2.05) is 0 Å². The Hall–Kier alpha value is 0.720. The largest absolute Gasteiger partial charge is 1.00 e. The molecule has 50 valence electrons. The number of carbonyl (C=O) groups is 1. The van der Waals surface area contributed by atoms with Crippen LogP contribution in [0.15, 0.2) is 0 Å². The molecule has 0 amide bonds. The zero-order chi connectivity index (χ0) is 6.57. The molecule has 0 aliphatic heterocycles. The van der Waals surface area contributed by atoms with Gasteiger partial charge in [0.2, 0.25) is 0 Å². The van der Waals surface area contributed by atoms with Gasteiger partial charge >= 0.3 is 35.5 Å². The monoisotopic (exact) mass is 162 g/mol. The van der Waals surface area contributed by atoms with E-state index in [1.54, 1.807) is 0 Å². The summed E-state index contributed by atoms with van der Waals surface area (Å²) in [4.78, 5) is 10.1. The van der Waals surface area contributed by atoms with Crippen LogP contribution in [0.5, 0.6) is 0 Å². The Morgan fingerprint density at radius 3 is 2.56 bits per heavy atom. The molecule has 1 atom stereocenters. The first-order valence-electron chi connectivity index (χ1n) is 2.10. The average Bonchev–Trinajstić information content (AvgIpc) is 1.65. The van der Waals surface area contributed by atoms with Crippen LogP contribution < -0.4 is 29.6 Å². The van der Waals surface area contributed by atoms with Crippen molar-refractivity contribution in [2.75, 3.05) is 5.88 Å². The molecule has 5 heteroatoms. The normalized spacial score (nSPS) is 11.4. The summed E-state index contributed by atoms with van der Waals surface area (Å²) in [6.45, 7) is 1.34. The minimum absolute atomic E-state index is 0. The molecular formula is C4H8ClNaO3. The van der Waals surface area contributed by atoms with Crippen LogP contribution in [-0.4, -0.2) is 23.2 Å². The second-order valence-electron chi connectivity index (χ2n) is 1.22. The number of hydrogen-bond acceptors (Lipinski definition) is 3. The number of ether oxygens (including phenoxy) is 1. The van der Waals surface area contributed by atoms with Crippen molar-refractivity contribution in [2.24, 2.45) is 0 Å². The van der Waals surface area contributed by atoms with E-state index in [1.165, 1.54) is 6.92 Å². The molecule has 0 radical (unpaired) electrons. The summed E-state index contributed by atoms with van der Waals surface area (Å²) in [5, 5.41) is 8.35. The van der Waals surface area contributed by atoms with E-state index >= 15 is 0 Å². The number of carbonyl (C=O) groups excluding carboxylic acids is 1. The first-order valence-corrected chi connectivity index (χ1v) is 2.63. The third kappa shape index (κ3) is 8.72. The predicted octanol–water partition coefficient (Wildman–Crippen LogP) is -2.78. The van der Waals surface area contributed by atoms with E-state index in [0.29, 0.717) is 0 Å². The Balaban J connectivity index is -0.000000245. The molecule has 1 N–H and O–H groups in total. The van der Waals surface area contributed by atoms with E-state index in [0.717, 1.165) is 0 Å². The fraction of sp³-hybridized carbons (Fsp3) is 0.750. The molecule has 0 aromatic heterocycles. The second-order valence-corrected chi connectivity index (χ2v) is 1.49. The van der Waals surface area contributed by atoms with Crippen molar-refractivity contribution in [3.63, 3.8) is 0 Å². The van der Waals surface area contributed by atoms with Crippen molar-refractivity contribution in [2.45, 2.75) is 13.2 Å². The third-order valence-corrected chi connectivity index (χ3v) is 0.629. The van der Waals surface area contributed by atoms with Gasteiger partial charge in [-0.25, -0.2) is 0 Å². The number of halogens is 1. The van der Waals surface area contributed by atoms with Crippen molar-refractivity contribution in [3.8, 4) is 0 Å². The zero-order valence-corrected chi connectivity index (χ0v) is 8.18. The smallest absolute Gasteiger partial charge is 1.00 e. The van der Waals surface area contributed by atoms with Crippen LogP contribution in [0.4, 0.5) is 0 Å². The molecule has 1 unspecified atom stereocenters. The first kappa shape index (κ1) is 12.4. The number of esters is 1. The molecule has 9 heavy (non-hydrogen) atoms. The molecule has 0 fully saturated rings. The number of hydrogen-bond donors (Lipinski definition) is 1. The minimum Gasteiger partial charge on any atom is -1.00 e. The maximum absolute atomic E-state index is 10.1. The van der Waals surface area contributed by atoms with Crippen molar-refractivity contribution >= 4 is 17.6 Å². The fourth-order valence-electron chi connectivity index (χ4n) is 0.222. The molecule has 0 saturated carbocycles. The minimum atomic E-state index is -1.05.